The Labute approximate surface area is 182 Å². The lowest BCUT2D eigenvalue weighted by Gasteiger charge is -2.23. The summed E-state index contributed by atoms with van der Waals surface area (Å²) in [4.78, 5) is 12.4. The van der Waals surface area contributed by atoms with Crippen molar-refractivity contribution in [2.45, 2.75) is 6.92 Å². The third kappa shape index (κ3) is 6.08. The van der Waals surface area contributed by atoms with Gasteiger partial charge in [-0.25, -0.2) is 13.8 Å². The summed E-state index contributed by atoms with van der Waals surface area (Å²) in [5, 5.41) is 4.38. The number of sulfonamides is 1. The molecule has 0 fully saturated rings. The topological polar surface area (TPSA) is 88.1 Å². The van der Waals surface area contributed by atoms with Crippen LogP contribution in [0.4, 0.5) is 5.69 Å². The Morgan fingerprint density at radius 3 is 2.61 bits per heavy atom. The standard InChI is InChI=1S/C18H19ClIN3O4S/c1-12(13-5-4-6-15(20)9-13)21-22-18(24)11-23(28(3,25)26)16-10-14(19)7-8-17(16)27-2/h4-10H,11H2,1-3H3,(H,22,24)/b21-12-. The lowest BCUT2D eigenvalue weighted by atomic mass is 10.1. The molecule has 1 amide bonds. The maximum absolute atomic E-state index is 12.4. The molecule has 2 aromatic rings. The van der Waals surface area contributed by atoms with Crippen LogP contribution in [0.1, 0.15) is 12.5 Å². The molecule has 0 aliphatic heterocycles. The summed E-state index contributed by atoms with van der Waals surface area (Å²) in [7, 11) is -2.37. The molecule has 0 spiro atoms. The van der Waals surface area contributed by atoms with Crippen molar-refractivity contribution in [1.29, 1.82) is 0 Å². The highest BCUT2D eigenvalue weighted by Gasteiger charge is 2.24. The number of carbonyl (C=O) groups is 1. The van der Waals surface area contributed by atoms with E-state index in [2.05, 4.69) is 33.1 Å². The summed E-state index contributed by atoms with van der Waals surface area (Å²) < 4.78 is 31.7. The highest BCUT2D eigenvalue weighted by Crippen LogP contribution is 2.32. The van der Waals surface area contributed by atoms with Crippen LogP contribution in [-0.4, -0.2) is 39.9 Å². The molecule has 10 heteroatoms. The van der Waals surface area contributed by atoms with Crippen LogP contribution in [0.3, 0.4) is 0 Å². The molecule has 7 nitrogen and oxygen atoms in total. The average molecular weight is 536 g/mol. The Bertz CT molecular complexity index is 1010. The highest BCUT2D eigenvalue weighted by atomic mass is 127. The number of hydrazone groups is 1. The number of rotatable bonds is 7. The fourth-order valence-corrected chi connectivity index (χ4v) is 3.89. The molecule has 0 aliphatic rings. The monoisotopic (exact) mass is 535 g/mol. The van der Waals surface area contributed by atoms with Gasteiger partial charge in [0.15, 0.2) is 0 Å². The first-order chi connectivity index (χ1) is 13.1. The summed E-state index contributed by atoms with van der Waals surface area (Å²) in [6, 6.07) is 12.1. The number of anilines is 1. The zero-order chi connectivity index (χ0) is 20.9. The lowest BCUT2D eigenvalue weighted by molar-refractivity contribution is -0.119. The molecular formula is C18H19ClIN3O4S. The number of benzene rings is 2. The maximum atomic E-state index is 12.4. The molecule has 0 aliphatic carbocycles. The van der Waals surface area contributed by atoms with Gasteiger partial charge in [0.25, 0.3) is 5.91 Å². The van der Waals surface area contributed by atoms with E-state index in [1.807, 2.05) is 24.3 Å². The van der Waals surface area contributed by atoms with E-state index in [-0.39, 0.29) is 11.4 Å². The molecule has 0 saturated heterocycles. The SMILES string of the molecule is COc1ccc(Cl)cc1N(CC(=O)N/N=C(/C)c1cccc(I)c1)S(C)(=O)=O. The third-order valence-electron chi connectivity index (χ3n) is 3.69. The second-order valence-electron chi connectivity index (χ2n) is 5.83. The van der Waals surface area contributed by atoms with Crippen molar-refractivity contribution in [3.63, 3.8) is 0 Å². The summed E-state index contributed by atoms with van der Waals surface area (Å²) in [6.07, 6.45) is 1.00. The number of ether oxygens (including phenoxy) is 1. The van der Waals surface area contributed by atoms with Gasteiger partial charge < -0.3 is 4.74 Å². The van der Waals surface area contributed by atoms with E-state index in [4.69, 9.17) is 16.3 Å². The quantitative estimate of drug-likeness (QED) is 0.335. The molecule has 0 aromatic heterocycles. The fraction of sp³-hybridized carbons (Fsp3) is 0.222. The number of amides is 1. The van der Waals surface area contributed by atoms with Crippen molar-refractivity contribution in [3.8, 4) is 5.75 Å². The summed E-state index contributed by atoms with van der Waals surface area (Å²) >= 11 is 8.17. The molecule has 0 atom stereocenters. The van der Waals surface area contributed by atoms with Crippen molar-refractivity contribution < 1.29 is 17.9 Å². The molecule has 28 heavy (non-hydrogen) atoms. The smallest absolute Gasteiger partial charge is 0.260 e. The number of hydrogen-bond donors (Lipinski definition) is 1. The Morgan fingerprint density at radius 1 is 1.29 bits per heavy atom. The highest BCUT2D eigenvalue weighted by molar-refractivity contribution is 14.1. The van der Waals surface area contributed by atoms with E-state index < -0.39 is 22.5 Å². The van der Waals surface area contributed by atoms with Crippen LogP contribution in [-0.2, 0) is 14.8 Å². The van der Waals surface area contributed by atoms with Crippen molar-refractivity contribution in [2.75, 3.05) is 24.2 Å². The molecule has 1 N–H and O–H groups in total. The van der Waals surface area contributed by atoms with Gasteiger partial charge in [0, 0.05) is 8.59 Å². The van der Waals surface area contributed by atoms with Crippen LogP contribution in [0.15, 0.2) is 47.6 Å². The normalized spacial score (nSPS) is 11.8. The lowest BCUT2D eigenvalue weighted by Crippen LogP contribution is -2.39. The van der Waals surface area contributed by atoms with Crippen LogP contribution in [0.5, 0.6) is 5.75 Å². The second kappa shape index (κ2) is 9.57. The molecule has 0 heterocycles. The van der Waals surface area contributed by atoms with Crippen LogP contribution in [0.25, 0.3) is 0 Å². The first kappa shape index (κ1) is 22.4. The van der Waals surface area contributed by atoms with E-state index in [0.717, 1.165) is 19.7 Å². The zero-order valence-corrected chi connectivity index (χ0v) is 19.2. The van der Waals surface area contributed by atoms with Crippen molar-refractivity contribution in [3.05, 3.63) is 56.6 Å². The molecule has 0 saturated carbocycles. The molecule has 2 rings (SSSR count). The number of nitrogens with zero attached hydrogens (tertiary/aromatic N) is 2. The summed E-state index contributed by atoms with van der Waals surface area (Å²) in [5.74, 6) is -0.321. The average Bonchev–Trinajstić information content (AvgIpc) is 2.63. The number of hydrogen-bond acceptors (Lipinski definition) is 5. The zero-order valence-electron chi connectivity index (χ0n) is 15.4. The Hall–Kier alpha value is -1.85. The van der Waals surface area contributed by atoms with E-state index in [1.54, 1.807) is 13.0 Å². The predicted octanol–water partition coefficient (Wildman–Crippen LogP) is 3.26. The molecule has 0 radical (unpaired) electrons. The number of methoxy groups -OCH3 is 1. The summed E-state index contributed by atoms with van der Waals surface area (Å²) in [6.45, 7) is 1.28. The molecule has 0 bridgehead atoms. The molecule has 0 unspecified atom stereocenters. The van der Waals surface area contributed by atoms with Gasteiger partial charge in [-0.2, -0.15) is 5.10 Å². The molecular weight excluding hydrogens is 517 g/mol. The van der Waals surface area contributed by atoms with Crippen LogP contribution in [0.2, 0.25) is 5.02 Å². The van der Waals surface area contributed by atoms with Gasteiger partial charge in [-0.3, -0.25) is 9.10 Å². The van der Waals surface area contributed by atoms with Gasteiger partial charge in [-0.15, -0.1) is 0 Å². The third-order valence-corrected chi connectivity index (χ3v) is 5.72. The van der Waals surface area contributed by atoms with E-state index in [9.17, 15) is 13.2 Å². The van der Waals surface area contributed by atoms with Crippen molar-refractivity contribution in [2.24, 2.45) is 5.10 Å². The van der Waals surface area contributed by atoms with Gasteiger partial charge in [0.1, 0.15) is 12.3 Å². The van der Waals surface area contributed by atoms with E-state index >= 15 is 0 Å². The number of carbonyl (C=O) groups excluding carboxylic acids is 1. The predicted molar refractivity (Wildman–Crippen MR) is 120 cm³/mol. The van der Waals surface area contributed by atoms with Crippen molar-refractivity contribution >= 4 is 61.5 Å². The van der Waals surface area contributed by atoms with Crippen LogP contribution >= 0.6 is 34.2 Å². The van der Waals surface area contributed by atoms with Crippen LogP contribution in [0, 0.1) is 3.57 Å². The van der Waals surface area contributed by atoms with Gasteiger partial charge >= 0.3 is 0 Å². The Balaban J connectivity index is 2.23. The Morgan fingerprint density at radius 2 is 2.00 bits per heavy atom. The first-order valence-electron chi connectivity index (χ1n) is 8.02. The molecule has 150 valence electrons. The van der Waals surface area contributed by atoms with Crippen molar-refractivity contribution in [1.82, 2.24) is 5.43 Å². The first-order valence-corrected chi connectivity index (χ1v) is 11.3. The van der Waals surface area contributed by atoms with Gasteiger partial charge in [0.2, 0.25) is 10.0 Å². The summed E-state index contributed by atoms with van der Waals surface area (Å²) in [5.41, 5.74) is 4.01. The van der Waals surface area contributed by atoms with Gasteiger partial charge in [0.05, 0.1) is 24.8 Å². The van der Waals surface area contributed by atoms with E-state index in [0.29, 0.717) is 10.7 Å². The van der Waals surface area contributed by atoms with E-state index in [1.165, 1.54) is 19.2 Å². The van der Waals surface area contributed by atoms with Gasteiger partial charge in [-0.1, -0.05) is 23.7 Å². The number of halogens is 2. The minimum atomic E-state index is -3.77. The number of nitrogens with one attached hydrogen (secondary N) is 1. The van der Waals surface area contributed by atoms with Crippen LogP contribution < -0.4 is 14.5 Å². The largest absolute Gasteiger partial charge is 0.495 e. The van der Waals surface area contributed by atoms with Gasteiger partial charge in [-0.05, 0) is 65.4 Å². The second-order valence-corrected chi connectivity index (χ2v) is 9.42. The minimum Gasteiger partial charge on any atom is -0.495 e. The maximum Gasteiger partial charge on any atom is 0.260 e. The fourth-order valence-electron chi connectivity index (χ4n) is 2.33. The molecule has 2 aromatic carbocycles. The minimum absolute atomic E-state index is 0.172. The Kier molecular flexibility index (Phi) is 7.67.